The molecular weight excluding hydrogens is 513 g/mol. The molecule has 2 N–H and O–H groups in total. The summed E-state index contributed by atoms with van der Waals surface area (Å²) in [5.41, 5.74) is 2.23. The number of anilines is 2. The van der Waals surface area contributed by atoms with Crippen LogP contribution >= 0.6 is 11.8 Å². The van der Waals surface area contributed by atoms with Crippen molar-refractivity contribution in [3.8, 4) is 17.0 Å². The van der Waals surface area contributed by atoms with Gasteiger partial charge in [-0.25, -0.2) is 9.97 Å². The molecule has 0 aliphatic carbocycles. The molecule has 0 unspecified atom stereocenters. The van der Waals surface area contributed by atoms with Gasteiger partial charge in [0, 0.05) is 38.9 Å². The molecule has 192 valence electrons. The van der Waals surface area contributed by atoms with E-state index in [2.05, 4.69) is 20.3 Å². The molecule has 0 radical (unpaired) electrons. The highest BCUT2D eigenvalue weighted by Crippen LogP contribution is 2.33. The fourth-order valence-electron chi connectivity index (χ4n) is 3.85. The number of alkyl halides is 3. The number of aromatic nitrogens is 3. The highest BCUT2D eigenvalue weighted by molar-refractivity contribution is 7.98. The highest BCUT2D eigenvalue weighted by atomic mass is 32.2. The fraction of sp³-hybridized carbons (Fsp3) is 0.107. The van der Waals surface area contributed by atoms with Crippen molar-refractivity contribution in [2.45, 2.75) is 16.8 Å². The van der Waals surface area contributed by atoms with Crippen molar-refractivity contribution in [3.05, 3.63) is 107 Å². The molecule has 2 heterocycles. The van der Waals surface area contributed by atoms with Crippen molar-refractivity contribution >= 4 is 34.3 Å². The number of hydrogen-bond acceptors (Lipinski definition) is 6. The van der Waals surface area contributed by atoms with Crippen molar-refractivity contribution in [2.75, 3.05) is 12.4 Å². The summed E-state index contributed by atoms with van der Waals surface area (Å²) in [4.78, 5) is 25.2. The van der Waals surface area contributed by atoms with Gasteiger partial charge in [-0.1, -0.05) is 24.3 Å². The first-order chi connectivity index (χ1) is 18.3. The number of benzene rings is 3. The molecule has 0 amide bonds. The van der Waals surface area contributed by atoms with Gasteiger partial charge >= 0.3 is 6.18 Å². The van der Waals surface area contributed by atoms with E-state index >= 15 is 0 Å². The Morgan fingerprint density at radius 1 is 1.00 bits per heavy atom. The zero-order valence-corrected chi connectivity index (χ0v) is 20.9. The van der Waals surface area contributed by atoms with Gasteiger partial charge in [0.1, 0.15) is 5.75 Å². The molecule has 0 bridgehead atoms. The van der Waals surface area contributed by atoms with Gasteiger partial charge in [-0.3, -0.25) is 4.79 Å². The summed E-state index contributed by atoms with van der Waals surface area (Å²) >= 11 is 1.48. The molecule has 0 saturated carbocycles. The van der Waals surface area contributed by atoms with Gasteiger partial charge in [0.2, 0.25) is 5.95 Å². The number of methoxy groups -OCH3 is 1. The average Bonchev–Trinajstić information content (AvgIpc) is 2.92. The summed E-state index contributed by atoms with van der Waals surface area (Å²) < 4.78 is 44.0. The summed E-state index contributed by atoms with van der Waals surface area (Å²) in [6, 6.07) is 21.3. The van der Waals surface area contributed by atoms with Crippen LogP contribution in [0.5, 0.6) is 5.75 Å². The number of halogens is 3. The molecule has 10 heteroatoms. The normalized spacial score (nSPS) is 11.5. The Morgan fingerprint density at radius 3 is 2.55 bits per heavy atom. The molecule has 0 atom stereocenters. The molecule has 6 nitrogen and oxygen atoms in total. The number of para-hydroxylation sites is 1. The van der Waals surface area contributed by atoms with Gasteiger partial charge in [-0.2, -0.15) is 13.2 Å². The lowest BCUT2D eigenvalue weighted by Gasteiger charge is -2.12. The van der Waals surface area contributed by atoms with E-state index in [1.807, 2.05) is 42.5 Å². The minimum Gasteiger partial charge on any atom is -0.497 e. The Balaban J connectivity index is 1.35. The van der Waals surface area contributed by atoms with Crippen LogP contribution in [0.15, 0.2) is 94.7 Å². The smallest absolute Gasteiger partial charge is 0.416 e. The second kappa shape index (κ2) is 10.6. The summed E-state index contributed by atoms with van der Waals surface area (Å²) in [7, 11) is 1.59. The first-order valence-corrected chi connectivity index (χ1v) is 12.5. The first kappa shape index (κ1) is 25.3. The van der Waals surface area contributed by atoms with Crippen molar-refractivity contribution in [1.29, 1.82) is 0 Å². The van der Waals surface area contributed by atoms with Gasteiger partial charge in [0.25, 0.3) is 5.56 Å². The van der Waals surface area contributed by atoms with Gasteiger partial charge in [0.15, 0.2) is 0 Å². The number of aromatic amines is 1. The average molecular weight is 535 g/mol. The maximum absolute atomic E-state index is 12.9. The topological polar surface area (TPSA) is 79.9 Å². The highest BCUT2D eigenvalue weighted by Gasteiger charge is 2.30. The minimum absolute atomic E-state index is 0.159. The molecule has 0 saturated heterocycles. The third kappa shape index (κ3) is 5.65. The molecule has 5 rings (SSSR count). The van der Waals surface area contributed by atoms with Crippen LogP contribution in [0.4, 0.5) is 24.8 Å². The monoisotopic (exact) mass is 534 g/mol. The molecule has 0 fully saturated rings. The first-order valence-electron chi connectivity index (χ1n) is 11.5. The van der Waals surface area contributed by atoms with Gasteiger partial charge < -0.3 is 15.0 Å². The standard InChI is InChI=1S/C28H21F3N4O2S/c1-37-21-10-11-22-18(15-21)14-19(26(36)33-22)16-38-25-5-3-2-4-24(25)35-27-32-13-12-23(34-27)17-6-8-20(9-7-17)28(29,30)31/h2-15H,16H2,1H3,(H,33,36)(H,32,34,35). The summed E-state index contributed by atoms with van der Waals surface area (Å²) in [5.74, 6) is 1.43. The van der Waals surface area contributed by atoms with Gasteiger partial charge in [0.05, 0.1) is 24.1 Å². The lowest BCUT2D eigenvalue weighted by molar-refractivity contribution is -0.137. The van der Waals surface area contributed by atoms with E-state index in [0.29, 0.717) is 34.3 Å². The Hall–Kier alpha value is -4.31. The Kier molecular flexibility index (Phi) is 7.06. The zero-order chi connectivity index (χ0) is 26.7. The van der Waals surface area contributed by atoms with Crippen LogP contribution in [0.3, 0.4) is 0 Å². The van der Waals surface area contributed by atoms with Crippen LogP contribution in [0.1, 0.15) is 11.1 Å². The van der Waals surface area contributed by atoms with Gasteiger partial charge in [-0.15, -0.1) is 11.8 Å². The lowest BCUT2D eigenvalue weighted by Crippen LogP contribution is -2.11. The largest absolute Gasteiger partial charge is 0.497 e. The van der Waals surface area contributed by atoms with E-state index in [0.717, 1.165) is 33.6 Å². The van der Waals surface area contributed by atoms with Crippen LogP contribution in [0.2, 0.25) is 0 Å². The molecular formula is C28H21F3N4O2S. The molecule has 0 aliphatic rings. The molecule has 3 aromatic carbocycles. The Labute approximate surface area is 219 Å². The number of hydrogen-bond donors (Lipinski definition) is 2. The van der Waals surface area contributed by atoms with Crippen LogP contribution in [0, 0.1) is 0 Å². The van der Waals surface area contributed by atoms with E-state index in [4.69, 9.17) is 4.74 Å². The van der Waals surface area contributed by atoms with Crippen LogP contribution in [0.25, 0.3) is 22.2 Å². The third-order valence-electron chi connectivity index (χ3n) is 5.81. The van der Waals surface area contributed by atoms with Crippen LogP contribution in [-0.4, -0.2) is 22.1 Å². The number of thioether (sulfide) groups is 1. The number of nitrogens with zero attached hydrogens (tertiary/aromatic N) is 2. The van der Waals surface area contributed by atoms with Crippen molar-refractivity contribution in [3.63, 3.8) is 0 Å². The maximum atomic E-state index is 12.9. The van der Waals surface area contributed by atoms with E-state index in [1.165, 1.54) is 23.9 Å². The number of ether oxygens (including phenoxy) is 1. The molecule has 0 aliphatic heterocycles. The van der Waals surface area contributed by atoms with Crippen LogP contribution < -0.4 is 15.6 Å². The maximum Gasteiger partial charge on any atom is 0.416 e. The van der Waals surface area contributed by atoms with Gasteiger partial charge in [-0.05, 0) is 54.6 Å². The zero-order valence-electron chi connectivity index (χ0n) is 20.0. The number of rotatable bonds is 7. The van der Waals surface area contributed by atoms with E-state index in [9.17, 15) is 18.0 Å². The second-order valence-corrected chi connectivity index (χ2v) is 9.34. The van der Waals surface area contributed by atoms with E-state index in [-0.39, 0.29) is 5.56 Å². The predicted octanol–water partition coefficient (Wildman–Crippen LogP) is 7.05. The molecule has 5 aromatic rings. The molecule has 2 aromatic heterocycles. The fourth-order valence-corrected chi connectivity index (χ4v) is 4.82. The minimum atomic E-state index is -4.40. The summed E-state index contributed by atoms with van der Waals surface area (Å²) in [5, 5.41) is 4.06. The molecule has 38 heavy (non-hydrogen) atoms. The van der Waals surface area contributed by atoms with E-state index < -0.39 is 11.7 Å². The van der Waals surface area contributed by atoms with Crippen molar-refractivity contribution < 1.29 is 17.9 Å². The number of H-pyrrole nitrogens is 1. The predicted molar refractivity (Wildman–Crippen MR) is 143 cm³/mol. The summed E-state index contributed by atoms with van der Waals surface area (Å²) in [6.45, 7) is 0. The van der Waals surface area contributed by atoms with Crippen LogP contribution in [-0.2, 0) is 11.9 Å². The molecule has 0 spiro atoms. The quantitative estimate of drug-likeness (QED) is 0.218. The third-order valence-corrected chi connectivity index (χ3v) is 6.93. The number of pyridine rings is 1. The lowest BCUT2D eigenvalue weighted by atomic mass is 10.1. The van der Waals surface area contributed by atoms with Crippen molar-refractivity contribution in [2.24, 2.45) is 0 Å². The van der Waals surface area contributed by atoms with Crippen molar-refractivity contribution in [1.82, 2.24) is 15.0 Å². The van der Waals surface area contributed by atoms with E-state index in [1.54, 1.807) is 25.4 Å². The summed E-state index contributed by atoms with van der Waals surface area (Å²) in [6.07, 6.45) is -2.86. The SMILES string of the molecule is COc1ccc2[nH]c(=O)c(CSc3ccccc3Nc3nccc(-c4ccc(C(F)(F)F)cc4)n3)cc2c1. The Bertz CT molecular complexity index is 1650. The number of nitrogens with one attached hydrogen (secondary N) is 2. The Morgan fingerprint density at radius 2 is 1.79 bits per heavy atom. The number of fused-ring (bicyclic) bond motifs is 1. The second-order valence-electron chi connectivity index (χ2n) is 8.33.